The fourth-order valence-electron chi connectivity index (χ4n) is 2.78. The molecule has 0 saturated heterocycles. The Hall–Kier alpha value is -1.61. The van der Waals surface area contributed by atoms with Crippen LogP contribution in [0, 0.1) is 6.92 Å². The first-order chi connectivity index (χ1) is 12.9. The number of halogens is 1. The predicted octanol–water partition coefficient (Wildman–Crippen LogP) is 3.75. The number of hydrogen-bond donors (Lipinski definition) is 2. The van der Waals surface area contributed by atoms with E-state index in [1.54, 1.807) is 31.3 Å². The van der Waals surface area contributed by atoms with Crippen molar-refractivity contribution in [2.24, 2.45) is 4.99 Å². The van der Waals surface area contributed by atoms with E-state index in [-0.39, 0.29) is 29.7 Å². The minimum Gasteiger partial charge on any atom is -0.356 e. The first kappa shape index (κ1) is 24.4. The number of nitrogens with one attached hydrogen (secondary N) is 2. The van der Waals surface area contributed by atoms with Gasteiger partial charge in [-0.15, -0.1) is 24.0 Å². The molecule has 2 aromatic carbocycles. The van der Waals surface area contributed by atoms with Gasteiger partial charge in [0, 0.05) is 20.1 Å². The van der Waals surface area contributed by atoms with E-state index >= 15 is 0 Å². The minimum atomic E-state index is -3.23. The summed E-state index contributed by atoms with van der Waals surface area (Å²) in [6.45, 7) is 5.56. The summed E-state index contributed by atoms with van der Waals surface area (Å²) in [5, 5.41) is 6.49. The predicted molar refractivity (Wildman–Crippen MR) is 127 cm³/mol. The minimum absolute atomic E-state index is 0. The molecule has 0 aliphatic heterocycles. The molecule has 0 heterocycles. The van der Waals surface area contributed by atoms with E-state index in [1.807, 2.05) is 6.07 Å². The quantitative estimate of drug-likeness (QED) is 0.243. The van der Waals surface area contributed by atoms with E-state index in [0.29, 0.717) is 29.7 Å². The van der Waals surface area contributed by atoms with E-state index in [2.05, 4.69) is 53.7 Å². The number of rotatable bonds is 8. The molecule has 0 spiro atoms. The zero-order valence-corrected chi connectivity index (χ0v) is 19.8. The zero-order valence-electron chi connectivity index (χ0n) is 16.7. The van der Waals surface area contributed by atoms with Crippen LogP contribution in [0.4, 0.5) is 0 Å². The SMILES string of the molecule is CN=C(NCCCS(=O)(=O)c1ccccc1)NCC(C)c1cccc(C)c1.I. The Balaban J connectivity index is 0.00000392. The van der Waals surface area contributed by atoms with Crippen LogP contribution in [0.3, 0.4) is 0 Å². The maximum Gasteiger partial charge on any atom is 0.190 e. The number of sulfone groups is 1. The average molecular weight is 515 g/mol. The third-order valence-electron chi connectivity index (χ3n) is 4.40. The molecule has 0 fully saturated rings. The number of aryl methyl sites for hydroxylation is 1. The van der Waals surface area contributed by atoms with Crippen LogP contribution in [0.25, 0.3) is 0 Å². The van der Waals surface area contributed by atoms with Crippen LogP contribution in [-0.4, -0.2) is 40.3 Å². The van der Waals surface area contributed by atoms with Crippen molar-refractivity contribution in [2.45, 2.75) is 31.1 Å². The summed E-state index contributed by atoms with van der Waals surface area (Å²) in [5.41, 5.74) is 2.54. The molecule has 2 N–H and O–H groups in total. The van der Waals surface area contributed by atoms with Crippen LogP contribution in [0.1, 0.15) is 30.4 Å². The van der Waals surface area contributed by atoms with Crippen LogP contribution >= 0.6 is 24.0 Å². The highest BCUT2D eigenvalue weighted by atomic mass is 127. The smallest absolute Gasteiger partial charge is 0.190 e. The second kappa shape index (κ2) is 12.1. The highest BCUT2D eigenvalue weighted by Crippen LogP contribution is 2.15. The van der Waals surface area contributed by atoms with Gasteiger partial charge in [0.2, 0.25) is 0 Å². The van der Waals surface area contributed by atoms with E-state index in [9.17, 15) is 8.42 Å². The fourth-order valence-corrected chi connectivity index (χ4v) is 4.11. The first-order valence-electron chi connectivity index (χ1n) is 9.21. The number of guanidine groups is 1. The number of aliphatic imine (C=N–C) groups is 1. The summed E-state index contributed by atoms with van der Waals surface area (Å²) in [6.07, 6.45) is 0.519. The van der Waals surface area contributed by atoms with Gasteiger partial charge in [0.25, 0.3) is 0 Å². The van der Waals surface area contributed by atoms with Crippen molar-refractivity contribution in [2.75, 3.05) is 25.9 Å². The van der Waals surface area contributed by atoms with Gasteiger partial charge in [-0.25, -0.2) is 8.42 Å². The van der Waals surface area contributed by atoms with Crippen molar-refractivity contribution in [1.29, 1.82) is 0 Å². The van der Waals surface area contributed by atoms with E-state index < -0.39 is 9.84 Å². The molecule has 0 amide bonds. The molecular weight excluding hydrogens is 485 g/mol. The number of hydrogen-bond acceptors (Lipinski definition) is 3. The monoisotopic (exact) mass is 515 g/mol. The lowest BCUT2D eigenvalue weighted by atomic mass is 9.99. The maximum absolute atomic E-state index is 12.3. The molecule has 2 aromatic rings. The molecule has 1 atom stereocenters. The largest absolute Gasteiger partial charge is 0.356 e. The third-order valence-corrected chi connectivity index (χ3v) is 6.21. The van der Waals surface area contributed by atoms with Gasteiger partial charge in [0.1, 0.15) is 0 Å². The molecule has 0 radical (unpaired) electrons. The Kier molecular flexibility index (Phi) is 10.5. The highest BCUT2D eigenvalue weighted by Gasteiger charge is 2.13. The molecule has 0 aromatic heterocycles. The summed E-state index contributed by atoms with van der Waals surface area (Å²) < 4.78 is 24.5. The fraction of sp³-hybridized carbons (Fsp3) is 0.381. The molecule has 0 bridgehead atoms. The van der Waals surface area contributed by atoms with Gasteiger partial charge >= 0.3 is 0 Å². The molecule has 154 valence electrons. The molecule has 7 heteroatoms. The molecular formula is C21H30IN3O2S. The standard InChI is InChI=1S/C21H29N3O2S.HI/c1-17-9-7-10-19(15-17)18(2)16-24-21(22-3)23-13-8-14-27(25,26)20-11-5-4-6-12-20;/h4-7,9-12,15,18H,8,13-14,16H2,1-3H3,(H2,22,23,24);1H. The lowest BCUT2D eigenvalue weighted by Crippen LogP contribution is -2.39. The Morgan fingerprint density at radius 2 is 1.79 bits per heavy atom. The van der Waals surface area contributed by atoms with Crippen LogP contribution in [0.2, 0.25) is 0 Å². The molecule has 0 saturated carbocycles. The van der Waals surface area contributed by atoms with Crippen LogP contribution in [-0.2, 0) is 9.84 Å². The average Bonchev–Trinajstić information content (AvgIpc) is 2.68. The van der Waals surface area contributed by atoms with Crippen LogP contribution in [0.5, 0.6) is 0 Å². The van der Waals surface area contributed by atoms with E-state index in [1.165, 1.54) is 11.1 Å². The third kappa shape index (κ3) is 7.79. The van der Waals surface area contributed by atoms with E-state index in [0.717, 1.165) is 6.54 Å². The second-order valence-electron chi connectivity index (χ2n) is 6.68. The molecule has 0 aliphatic carbocycles. The van der Waals surface area contributed by atoms with Crippen LogP contribution < -0.4 is 10.6 Å². The Morgan fingerprint density at radius 1 is 1.07 bits per heavy atom. The van der Waals surface area contributed by atoms with Gasteiger partial charge in [0.05, 0.1) is 10.6 Å². The maximum atomic E-state index is 12.3. The summed E-state index contributed by atoms with van der Waals surface area (Å²) in [4.78, 5) is 4.58. The lowest BCUT2D eigenvalue weighted by Gasteiger charge is -2.17. The van der Waals surface area contributed by atoms with Crippen LogP contribution in [0.15, 0.2) is 64.5 Å². The van der Waals surface area contributed by atoms with Crippen molar-refractivity contribution in [3.8, 4) is 0 Å². The molecule has 28 heavy (non-hydrogen) atoms. The zero-order chi connectivity index (χ0) is 19.7. The molecule has 1 unspecified atom stereocenters. The van der Waals surface area contributed by atoms with Gasteiger partial charge in [-0.3, -0.25) is 4.99 Å². The van der Waals surface area contributed by atoms with Crippen molar-refractivity contribution in [3.63, 3.8) is 0 Å². The molecule has 0 aliphatic rings. The van der Waals surface area contributed by atoms with Crippen molar-refractivity contribution in [3.05, 3.63) is 65.7 Å². The summed E-state index contributed by atoms with van der Waals surface area (Å²) in [5.74, 6) is 1.15. The Bertz CT molecular complexity index is 855. The highest BCUT2D eigenvalue weighted by molar-refractivity contribution is 14.0. The van der Waals surface area contributed by atoms with Gasteiger partial charge < -0.3 is 10.6 Å². The Labute approximate surface area is 186 Å². The van der Waals surface area contributed by atoms with Gasteiger partial charge in [-0.05, 0) is 37.0 Å². The summed E-state index contributed by atoms with van der Waals surface area (Å²) in [7, 11) is -1.52. The van der Waals surface area contributed by atoms with Gasteiger partial charge in [-0.1, -0.05) is 55.0 Å². The summed E-state index contributed by atoms with van der Waals surface area (Å²) in [6, 6.07) is 17.1. The van der Waals surface area contributed by atoms with E-state index in [4.69, 9.17) is 0 Å². The number of nitrogens with zero attached hydrogens (tertiary/aromatic N) is 1. The Morgan fingerprint density at radius 3 is 2.43 bits per heavy atom. The van der Waals surface area contributed by atoms with Crippen molar-refractivity contribution < 1.29 is 8.42 Å². The van der Waals surface area contributed by atoms with Gasteiger partial charge in [0.15, 0.2) is 15.8 Å². The van der Waals surface area contributed by atoms with Gasteiger partial charge in [-0.2, -0.15) is 0 Å². The van der Waals surface area contributed by atoms with Crippen molar-refractivity contribution in [1.82, 2.24) is 10.6 Å². The normalized spacial score (nSPS) is 12.8. The molecule has 5 nitrogen and oxygen atoms in total. The summed E-state index contributed by atoms with van der Waals surface area (Å²) >= 11 is 0. The first-order valence-corrected chi connectivity index (χ1v) is 10.9. The second-order valence-corrected chi connectivity index (χ2v) is 8.79. The number of benzene rings is 2. The van der Waals surface area contributed by atoms with Crippen molar-refractivity contribution >= 4 is 39.8 Å². The topological polar surface area (TPSA) is 70.6 Å². The lowest BCUT2D eigenvalue weighted by molar-refractivity contribution is 0.592. The molecule has 2 rings (SSSR count).